The first-order valence-electron chi connectivity index (χ1n) is 16.5. The predicted octanol–water partition coefficient (Wildman–Crippen LogP) is 6.52. The Morgan fingerprint density at radius 2 is 2.11 bits per heavy atom. The van der Waals surface area contributed by atoms with Crippen LogP contribution in [0.15, 0.2) is 65.3 Å². The van der Waals surface area contributed by atoms with E-state index in [1.54, 1.807) is 25.3 Å². The van der Waals surface area contributed by atoms with Crippen molar-refractivity contribution in [3.8, 4) is 5.75 Å². The van der Waals surface area contributed by atoms with Gasteiger partial charge in [-0.2, -0.15) is 0 Å². The SMILES string of the molecule is C=C1/C(=C\C(Cl)=C/C)CCC[C@]12COc1ccc3cc1N(C[C@@H]1CC[C@H]1[C@@](C)(OC)/C=C/C[C@H](C)[C@@H](CCO)S(=O)(=O)NC3=O)C2. The van der Waals surface area contributed by atoms with E-state index in [1.807, 2.05) is 32.1 Å². The summed E-state index contributed by atoms with van der Waals surface area (Å²) in [6.07, 6.45) is 13.3. The normalized spacial score (nSPS) is 35.0. The molecular formula is C36H49ClN2O6S. The zero-order chi connectivity index (χ0) is 33.3. The van der Waals surface area contributed by atoms with Gasteiger partial charge in [-0.15, -0.1) is 0 Å². The second-order valence-corrected chi connectivity index (χ2v) is 16.1. The summed E-state index contributed by atoms with van der Waals surface area (Å²) in [5, 5.41) is 9.48. The molecule has 4 aliphatic rings. The van der Waals surface area contributed by atoms with E-state index in [0.29, 0.717) is 36.3 Å². The van der Waals surface area contributed by atoms with Crippen LogP contribution >= 0.6 is 11.6 Å². The minimum atomic E-state index is -4.10. The van der Waals surface area contributed by atoms with Gasteiger partial charge in [0.25, 0.3) is 5.91 Å². The Kier molecular flexibility index (Phi) is 10.5. The Hall–Kier alpha value is -2.59. The summed E-state index contributed by atoms with van der Waals surface area (Å²) >= 11 is 6.45. The lowest BCUT2D eigenvalue weighted by Crippen LogP contribution is -2.51. The molecule has 0 saturated heterocycles. The number of sulfonamides is 1. The molecule has 2 saturated carbocycles. The fourth-order valence-electron chi connectivity index (χ4n) is 7.88. The standard InChI is InChI=1S/C36H49ClN2O6S/c1-6-29(37)19-26-10-8-17-36(25(26)3)22-39-21-28-11-13-30(28)35(4,44-5)16-7-9-24(2)33(15-18-40)46(42,43)38-34(41)27-12-14-32(45-23-36)31(39)20-27/h6-7,12,14,16,19-20,24,28,30,33,40H,3,8-11,13,15,17-18,21-23H2,1-2,4-5H3,(H,38,41)/b16-7+,26-19-,29-6+/t24-,28-,30+,33+,35-,36-/m0/s1. The van der Waals surface area contributed by atoms with Crippen molar-refractivity contribution in [1.82, 2.24) is 4.72 Å². The molecule has 2 aliphatic heterocycles. The summed E-state index contributed by atoms with van der Waals surface area (Å²) in [6.45, 7) is 12.0. The van der Waals surface area contributed by atoms with Crippen molar-refractivity contribution in [1.29, 1.82) is 0 Å². The average Bonchev–Trinajstić information content (AvgIpc) is 3.16. The van der Waals surface area contributed by atoms with Crippen molar-refractivity contribution in [3.05, 3.63) is 70.8 Å². The van der Waals surface area contributed by atoms with Gasteiger partial charge in [0.1, 0.15) is 5.75 Å². The van der Waals surface area contributed by atoms with E-state index in [-0.39, 0.29) is 35.8 Å². The Morgan fingerprint density at radius 1 is 1.33 bits per heavy atom. The van der Waals surface area contributed by atoms with Crippen LogP contribution in [0.2, 0.25) is 0 Å². The molecule has 0 unspecified atom stereocenters. The second-order valence-electron chi connectivity index (χ2n) is 13.8. The van der Waals surface area contributed by atoms with Gasteiger partial charge in [-0.05, 0) is 112 Å². The van der Waals surface area contributed by atoms with Gasteiger partial charge in [0, 0.05) is 42.8 Å². The quantitative estimate of drug-likeness (QED) is 0.351. The summed E-state index contributed by atoms with van der Waals surface area (Å²) in [5.74, 6) is 0.207. The zero-order valence-corrected chi connectivity index (χ0v) is 29.1. The van der Waals surface area contributed by atoms with Gasteiger partial charge in [0.05, 0.1) is 23.1 Å². The zero-order valence-electron chi connectivity index (χ0n) is 27.6. The number of aliphatic hydroxyl groups is 1. The molecule has 2 bridgehead atoms. The third kappa shape index (κ3) is 6.84. The van der Waals surface area contributed by atoms with E-state index in [1.165, 1.54) is 0 Å². The van der Waals surface area contributed by atoms with Gasteiger partial charge in [-0.3, -0.25) is 4.79 Å². The highest BCUT2D eigenvalue weighted by molar-refractivity contribution is 7.90. The fraction of sp³-hybridized carbons (Fsp3) is 0.583. The average molecular weight is 673 g/mol. The van der Waals surface area contributed by atoms with Gasteiger partial charge in [0.2, 0.25) is 10.0 Å². The molecule has 2 fully saturated rings. The number of rotatable bonds is 4. The van der Waals surface area contributed by atoms with Crippen LogP contribution in [0.3, 0.4) is 0 Å². The van der Waals surface area contributed by atoms with Crippen LogP contribution in [-0.4, -0.2) is 63.7 Å². The minimum Gasteiger partial charge on any atom is -0.490 e. The number of halogens is 1. The van der Waals surface area contributed by atoms with Crippen LogP contribution in [0, 0.1) is 23.2 Å². The fourth-order valence-corrected chi connectivity index (χ4v) is 9.68. The molecule has 0 radical (unpaired) electrons. The largest absolute Gasteiger partial charge is 0.490 e. The highest BCUT2D eigenvalue weighted by atomic mass is 35.5. The van der Waals surface area contributed by atoms with E-state index >= 15 is 0 Å². The summed E-state index contributed by atoms with van der Waals surface area (Å²) in [5.41, 5.74) is 2.28. The predicted molar refractivity (Wildman–Crippen MR) is 184 cm³/mol. The summed E-state index contributed by atoms with van der Waals surface area (Å²) < 4.78 is 42.1. The Bertz CT molecular complexity index is 1540. The van der Waals surface area contributed by atoms with Crippen molar-refractivity contribution in [3.63, 3.8) is 0 Å². The number of amides is 1. The lowest BCUT2D eigenvalue weighted by Gasteiger charge is -2.49. The number of nitrogens with one attached hydrogen (secondary N) is 1. The number of allylic oxidation sites excluding steroid dienone is 5. The second kappa shape index (κ2) is 13.9. The van der Waals surface area contributed by atoms with E-state index in [0.717, 1.165) is 55.5 Å². The number of ether oxygens (including phenoxy) is 2. The molecule has 2 aliphatic carbocycles. The smallest absolute Gasteiger partial charge is 0.264 e. The molecule has 46 heavy (non-hydrogen) atoms. The van der Waals surface area contributed by atoms with Crippen LogP contribution in [0.25, 0.3) is 0 Å². The molecule has 1 spiro atoms. The lowest BCUT2D eigenvalue weighted by molar-refractivity contribution is -0.0622. The van der Waals surface area contributed by atoms with Gasteiger partial charge in [0.15, 0.2) is 0 Å². The maximum absolute atomic E-state index is 13.6. The maximum atomic E-state index is 13.6. The number of hydrogen-bond donors (Lipinski definition) is 2. The van der Waals surface area contributed by atoms with E-state index in [2.05, 4.69) is 29.2 Å². The summed E-state index contributed by atoms with van der Waals surface area (Å²) in [6, 6.07) is 5.16. The maximum Gasteiger partial charge on any atom is 0.264 e. The number of anilines is 1. The number of hydrogen-bond acceptors (Lipinski definition) is 7. The van der Waals surface area contributed by atoms with Crippen LogP contribution in [-0.2, 0) is 14.8 Å². The Morgan fingerprint density at radius 3 is 2.78 bits per heavy atom. The summed E-state index contributed by atoms with van der Waals surface area (Å²) in [4.78, 5) is 15.9. The number of aliphatic hydroxyl groups excluding tert-OH is 1. The molecule has 2 N–H and O–H groups in total. The third-order valence-electron chi connectivity index (χ3n) is 11.0. The molecule has 10 heteroatoms. The first kappa shape index (κ1) is 34.7. The van der Waals surface area contributed by atoms with Gasteiger partial charge < -0.3 is 19.5 Å². The number of carbonyl (C=O) groups excluding carboxylic acids is 1. The molecule has 1 aromatic rings. The van der Waals surface area contributed by atoms with E-state index < -0.39 is 26.8 Å². The van der Waals surface area contributed by atoms with Crippen LogP contribution < -0.4 is 14.4 Å². The molecule has 2 heterocycles. The third-order valence-corrected chi connectivity index (χ3v) is 13.3. The van der Waals surface area contributed by atoms with Gasteiger partial charge >= 0.3 is 0 Å². The number of methoxy groups -OCH3 is 1. The highest BCUT2D eigenvalue weighted by Crippen LogP contribution is 2.50. The highest BCUT2D eigenvalue weighted by Gasteiger charge is 2.47. The van der Waals surface area contributed by atoms with Crippen LogP contribution in [0.5, 0.6) is 5.75 Å². The van der Waals surface area contributed by atoms with Gasteiger partial charge in [-0.1, -0.05) is 43.3 Å². The minimum absolute atomic E-state index is 0.0251. The van der Waals surface area contributed by atoms with Crippen LogP contribution in [0.1, 0.15) is 76.1 Å². The van der Waals surface area contributed by atoms with Crippen molar-refractivity contribution < 1.29 is 27.8 Å². The van der Waals surface area contributed by atoms with Crippen molar-refractivity contribution in [2.45, 2.75) is 76.6 Å². The topological polar surface area (TPSA) is 105 Å². The molecule has 6 atom stereocenters. The Labute approximate surface area is 279 Å². The molecule has 1 aromatic carbocycles. The number of benzene rings is 1. The number of carbonyl (C=O) groups is 1. The molecule has 8 nitrogen and oxygen atoms in total. The molecule has 0 aromatic heterocycles. The Balaban J connectivity index is 1.59. The van der Waals surface area contributed by atoms with Crippen molar-refractivity contribution >= 4 is 33.2 Å². The molecule has 252 valence electrons. The first-order valence-corrected chi connectivity index (χ1v) is 18.4. The van der Waals surface area contributed by atoms with E-state index in [9.17, 15) is 18.3 Å². The summed E-state index contributed by atoms with van der Waals surface area (Å²) in [7, 11) is -2.36. The molecule has 1 amide bonds. The number of nitrogens with zero attached hydrogens (tertiary/aromatic N) is 1. The van der Waals surface area contributed by atoms with Crippen molar-refractivity contribution in [2.24, 2.45) is 23.2 Å². The van der Waals surface area contributed by atoms with Crippen molar-refractivity contribution in [2.75, 3.05) is 38.3 Å². The molecule has 5 rings (SSSR count). The molecular weight excluding hydrogens is 624 g/mol. The van der Waals surface area contributed by atoms with E-state index in [4.69, 9.17) is 21.1 Å². The number of fused-ring (bicyclic) bond motifs is 2. The monoisotopic (exact) mass is 672 g/mol. The van der Waals surface area contributed by atoms with Crippen LogP contribution in [0.4, 0.5) is 5.69 Å². The first-order chi connectivity index (χ1) is 21.9. The lowest BCUT2D eigenvalue weighted by atomic mass is 9.64. The van der Waals surface area contributed by atoms with Gasteiger partial charge in [-0.25, -0.2) is 13.1 Å².